The van der Waals surface area contributed by atoms with Crippen LogP contribution in [0.1, 0.15) is 25.7 Å². The van der Waals surface area contributed by atoms with Crippen molar-refractivity contribution in [3.8, 4) is 0 Å². The molecule has 0 radical (unpaired) electrons. The maximum absolute atomic E-state index is 12.5. The molecule has 0 aromatic heterocycles. The fourth-order valence-corrected chi connectivity index (χ4v) is 2.98. The predicted octanol–water partition coefficient (Wildman–Crippen LogP) is -0.536. The molecule has 108 valence electrons. The van der Waals surface area contributed by atoms with E-state index >= 15 is 0 Å². The van der Waals surface area contributed by atoms with E-state index in [0.717, 1.165) is 25.7 Å². The van der Waals surface area contributed by atoms with Crippen LogP contribution in [0.4, 0.5) is 0 Å². The van der Waals surface area contributed by atoms with E-state index in [1.807, 2.05) is 0 Å². The third-order valence-corrected chi connectivity index (χ3v) is 4.27. The van der Waals surface area contributed by atoms with Crippen LogP contribution < -0.4 is 11.5 Å². The summed E-state index contributed by atoms with van der Waals surface area (Å²) in [6.07, 6.45) is 3.73. The Labute approximate surface area is 113 Å². The van der Waals surface area contributed by atoms with Crippen LogP contribution >= 0.6 is 0 Å². The van der Waals surface area contributed by atoms with Crippen LogP contribution in [0.2, 0.25) is 0 Å². The first-order valence-corrected chi connectivity index (χ1v) is 7.01. The van der Waals surface area contributed by atoms with Gasteiger partial charge in [-0.1, -0.05) is 0 Å². The molecule has 1 saturated carbocycles. The summed E-state index contributed by atoms with van der Waals surface area (Å²) in [5.74, 6) is 0.134. The molecule has 4 N–H and O–H groups in total. The molecule has 1 unspecified atom stereocenters. The first-order valence-electron chi connectivity index (χ1n) is 7.01. The summed E-state index contributed by atoms with van der Waals surface area (Å²) in [6, 6.07) is -0.603. The molecule has 1 aliphatic heterocycles. The molecule has 1 aliphatic carbocycles. The third-order valence-electron chi connectivity index (χ3n) is 4.27. The topological polar surface area (TPSA) is 98.7 Å². The molecule has 0 bridgehead atoms. The molecular weight excluding hydrogens is 246 g/mol. The Hall–Kier alpha value is -1.14. The van der Waals surface area contributed by atoms with Crippen LogP contribution in [-0.2, 0) is 14.3 Å². The second-order valence-electron chi connectivity index (χ2n) is 5.48. The Morgan fingerprint density at radius 1 is 1.21 bits per heavy atom. The molecule has 0 aromatic carbocycles. The van der Waals surface area contributed by atoms with Crippen LogP contribution in [0, 0.1) is 11.8 Å². The first-order chi connectivity index (χ1) is 9.13. The zero-order valence-electron chi connectivity index (χ0n) is 11.2. The van der Waals surface area contributed by atoms with Crippen LogP contribution in [0.3, 0.4) is 0 Å². The highest BCUT2D eigenvalue weighted by Crippen LogP contribution is 2.30. The Morgan fingerprint density at radius 3 is 2.47 bits per heavy atom. The van der Waals surface area contributed by atoms with Crippen molar-refractivity contribution in [2.45, 2.75) is 31.7 Å². The number of ether oxygens (including phenoxy) is 1. The van der Waals surface area contributed by atoms with E-state index in [1.165, 1.54) is 0 Å². The Bertz CT molecular complexity index is 340. The molecular formula is C13H23N3O3. The van der Waals surface area contributed by atoms with E-state index in [2.05, 4.69) is 0 Å². The maximum atomic E-state index is 12.5. The number of nitrogens with two attached hydrogens (primary N) is 2. The molecule has 0 aromatic rings. The summed E-state index contributed by atoms with van der Waals surface area (Å²) in [5.41, 5.74) is 11.0. The average Bonchev–Trinajstić information content (AvgIpc) is 2.46. The number of morpholine rings is 1. The lowest BCUT2D eigenvalue weighted by atomic mass is 9.81. The van der Waals surface area contributed by atoms with E-state index in [1.54, 1.807) is 4.90 Å². The van der Waals surface area contributed by atoms with Crippen molar-refractivity contribution in [2.75, 3.05) is 26.3 Å². The van der Waals surface area contributed by atoms with Gasteiger partial charge in [0.2, 0.25) is 11.8 Å². The number of rotatable bonds is 3. The normalized spacial score (nSPS) is 32.1. The number of carbonyl (C=O) groups is 2. The molecule has 2 rings (SSSR count). The molecule has 1 atom stereocenters. The molecule has 2 aliphatic rings. The van der Waals surface area contributed by atoms with Gasteiger partial charge >= 0.3 is 0 Å². The van der Waals surface area contributed by atoms with E-state index < -0.39 is 11.9 Å². The molecule has 2 amide bonds. The largest absolute Gasteiger partial charge is 0.377 e. The maximum Gasteiger partial charge on any atom is 0.242 e. The summed E-state index contributed by atoms with van der Waals surface area (Å²) in [7, 11) is 0. The second kappa shape index (κ2) is 6.34. The van der Waals surface area contributed by atoms with Gasteiger partial charge in [-0.3, -0.25) is 9.59 Å². The monoisotopic (exact) mass is 269 g/mol. The minimum absolute atomic E-state index is 0.0164. The fraction of sp³-hybridized carbons (Fsp3) is 0.846. The van der Waals surface area contributed by atoms with Gasteiger partial charge in [-0.2, -0.15) is 0 Å². The van der Waals surface area contributed by atoms with Crippen LogP contribution in [0.15, 0.2) is 0 Å². The van der Waals surface area contributed by atoms with Gasteiger partial charge in [0.15, 0.2) is 0 Å². The zero-order chi connectivity index (χ0) is 13.8. The van der Waals surface area contributed by atoms with E-state index in [9.17, 15) is 9.59 Å². The lowest BCUT2D eigenvalue weighted by Crippen LogP contribution is -2.56. The summed E-state index contributed by atoms with van der Waals surface area (Å²) >= 11 is 0. The van der Waals surface area contributed by atoms with Crippen molar-refractivity contribution in [2.24, 2.45) is 23.3 Å². The minimum Gasteiger partial charge on any atom is -0.377 e. The molecule has 1 heterocycles. The van der Waals surface area contributed by atoms with Crippen molar-refractivity contribution in [3.05, 3.63) is 0 Å². The number of primary amides is 1. The smallest absolute Gasteiger partial charge is 0.242 e. The van der Waals surface area contributed by atoms with Gasteiger partial charge in [-0.05, 0) is 38.1 Å². The van der Waals surface area contributed by atoms with Gasteiger partial charge in [0, 0.05) is 12.5 Å². The first kappa shape index (κ1) is 14.3. The van der Waals surface area contributed by atoms with Gasteiger partial charge in [0.05, 0.1) is 13.2 Å². The zero-order valence-corrected chi connectivity index (χ0v) is 11.2. The highest BCUT2D eigenvalue weighted by molar-refractivity contribution is 5.88. The molecule has 1 saturated heterocycles. The van der Waals surface area contributed by atoms with Gasteiger partial charge in [0.25, 0.3) is 0 Å². The van der Waals surface area contributed by atoms with Crippen molar-refractivity contribution >= 4 is 11.8 Å². The summed E-state index contributed by atoms with van der Waals surface area (Å²) < 4.78 is 5.23. The van der Waals surface area contributed by atoms with Crippen molar-refractivity contribution < 1.29 is 14.3 Å². The van der Waals surface area contributed by atoms with Gasteiger partial charge in [-0.25, -0.2) is 0 Å². The average molecular weight is 269 g/mol. The number of hydrogen-bond acceptors (Lipinski definition) is 4. The quantitative estimate of drug-likeness (QED) is 0.719. The standard InChI is InChI=1S/C13H23N3O3/c14-7-9-1-3-10(4-2-9)13(18)16-5-6-19-8-11(16)12(15)17/h9-11H,1-8,14H2,(H2,15,17). The number of hydrogen-bond donors (Lipinski definition) is 2. The Morgan fingerprint density at radius 2 is 1.89 bits per heavy atom. The van der Waals surface area contributed by atoms with Crippen molar-refractivity contribution in [1.29, 1.82) is 0 Å². The van der Waals surface area contributed by atoms with Gasteiger partial charge < -0.3 is 21.1 Å². The summed E-state index contributed by atoms with van der Waals surface area (Å²) in [5, 5.41) is 0. The Kier molecular flexibility index (Phi) is 4.76. The Balaban J connectivity index is 1.96. The summed E-state index contributed by atoms with van der Waals surface area (Å²) in [6.45, 7) is 1.86. The molecule has 6 heteroatoms. The highest BCUT2D eigenvalue weighted by atomic mass is 16.5. The van der Waals surface area contributed by atoms with Gasteiger partial charge in [-0.15, -0.1) is 0 Å². The SMILES string of the molecule is NCC1CCC(C(=O)N2CCOCC2C(N)=O)CC1. The lowest BCUT2D eigenvalue weighted by molar-refractivity contribution is -0.151. The second-order valence-corrected chi connectivity index (χ2v) is 5.48. The summed E-state index contributed by atoms with van der Waals surface area (Å²) in [4.78, 5) is 25.5. The molecule has 0 spiro atoms. The number of carbonyl (C=O) groups excluding carboxylic acids is 2. The molecule has 6 nitrogen and oxygen atoms in total. The lowest BCUT2D eigenvalue weighted by Gasteiger charge is -2.37. The van der Waals surface area contributed by atoms with E-state index in [4.69, 9.17) is 16.2 Å². The minimum atomic E-state index is -0.603. The predicted molar refractivity (Wildman–Crippen MR) is 70.0 cm³/mol. The van der Waals surface area contributed by atoms with Crippen LogP contribution in [0.5, 0.6) is 0 Å². The van der Waals surface area contributed by atoms with Crippen LogP contribution in [-0.4, -0.2) is 49.1 Å². The van der Waals surface area contributed by atoms with Crippen molar-refractivity contribution in [3.63, 3.8) is 0 Å². The number of nitrogens with zero attached hydrogens (tertiary/aromatic N) is 1. The highest BCUT2D eigenvalue weighted by Gasteiger charge is 2.36. The van der Waals surface area contributed by atoms with E-state index in [0.29, 0.717) is 25.6 Å². The third kappa shape index (κ3) is 3.25. The van der Waals surface area contributed by atoms with E-state index in [-0.39, 0.29) is 18.4 Å². The molecule has 19 heavy (non-hydrogen) atoms. The van der Waals surface area contributed by atoms with Crippen LogP contribution in [0.25, 0.3) is 0 Å². The van der Waals surface area contributed by atoms with Crippen molar-refractivity contribution in [1.82, 2.24) is 4.90 Å². The molecule has 2 fully saturated rings. The van der Waals surface area contributed by atoms with Gasteiger partial charge in [0.1, 0.15) is 6.04 Å². The fourth-order valence-electron chi connectivity index (χ4n) is 2.98. The number of amides is 2.